The van der Waals surface area contributed by atoms with Gasteiger partial charge in [0.15, 0.2) is 0 Å². The van der Waals surface area contributed by atoms with Gasteiger partial charge in [-0.25, -0.2) is 0 Å². The fourth-order valence-electron chi connectivity index (χ4n) is 1.08. The topological polar surface area (TPSA) is 52.5 Å². The highest BCUT2D eigenvalue weighted by Crippen LogP contribution is 2.07. The summed E-state index contributed by atoms with van der Waals surface area (Å²) in [5.41, 5.74) is 0. The molecule has 0 saturated carbocycles. The van der Waals surface area contributed by atoms with E-state index in [4.69, 9.17) is 10.2 Å². The van der Waals surface area contributed by atoms with Crippen molar-refractivity contribution < 1.29 is 10.2 Å². The number of nitrogens with one attached hydrogen (secondary N) is 1. The fourth-order valence-corrected chi connectivity index (χ4v) is 1.08. The van der Waals surface area contributed by atoms with Crippen LogP contribution in [0.3, 0.4) is 0 Å². The van der Waals surface area contributed by atoms with E-state index in [2.05, 4.69) is 5.32 Å². The largest absolute Gasteiger partial charge is 0.390 e. The standard InChI is InChI=1S/C6H13NO2/c1-4-6(9)5(8)2-3-7-4/h4-9H,2-3H2,1H3/t4-,5+,6-/m1/s1. The monoisotopic (exact) mass is 131 g/mol. The molecule has 0 aliphatic carbocycles. The van der Waals surface area contributed by atoms with Crippen molar-refractivity contribution in [3.05, 3.63) is 0 Å². The summed E-state index contributed by atoms with van der Waals surface area (Å²) in [5.74, 6) is 0. The van der Waals surface area contributed by atoms with Gasteiger partial charge in [-0.3, -0.25) is 0 Å². The highest BCUT2D eigenvalue weighted by atomic mass is 16.3. The molecule has 9 heavy (non-hydrogen) atoms. The van der Waals surface area contributed by atoms with Crippen LogP contribution in [0, 0.1) is 0 Å². The lowest BCUT2D eigenvalue weighted by Crippen LogP contribution is -2.50. The van der Waals surface area contributed by atoms with Gasteiger partial charge in [-0.1, -0.05) is 0 Å². The molecule has 1 aliphatic heterocycles. The van der Waals surface area contributed by atoms with Gasteiger partial charge in [-0.2, -0.15) is 0 Å². The van der Waals surface area contributed by atoms with E-state index in [-0.39, 0.29) is 6.04 Å². The molecule has 54 valence electrons. The van der Waals surface area contributed by atoms with Crippen molar-refractivity contribution in [1.82, 2.24) is 5.32 Å². The number of rotatable bonds is 0. The van der Waals surface area contributed by atoms with Crippen molar-refractivity contribution in [3.63, 3.8) is 0 Å². The summed E-state index contributed by atoms with van der Waals surface area (Å²) in [6.45, 7) is 2.67. The molecule has 0 unspecified atom stereocenters. The number of hydrogen-bond acceptors (Lipinski definition) is 3. The van der Waals surface area contributed by atoms with Crippen LogP contribution in [0.1, 0.15) is 13.3 Å². The van der Waals surface area contributed by atoms with Gasteiger partial charge >= 0.3 is 0 Å². The summed E-state index contributed by atoms with van der Waals surface area (Å²) >= 11 is 0. The maximum Gasteiger partial charge on any atom is 0.0949 e. The molecule has 3 atom stereocenters. The minimum atomic E-state index is -0.584. The molecule has 0 radical (unpaired) electrons. The Kier molecular flexibility index (Phi) is 2.05. The van der Waals surface area contributed by atoms with Gasteiger partial charge in [0.25, 0.3) is 0 Å². The predicted octanol–water partition coefficient (Wildman–Crippen LogP) is -0.910. The smallest absolute Gasteiger partial charge is 0.0949 e. The quantitative estimate of drug-likeness (QED) is 0.399. The zero-order valence-electron chi connectivity index (χ0n) is 5.54. The molecule has 0 aromatic rings. The number of piperidine rings is 1. The molecule has 3 heteroatoms. The van der Waals surface area contributed by atoms with Gasteiger partial charge in [0.2, 0.25) is 0 Å². The molecule has 1 aliphatic rings. The van der Waals surface area contributed by atoms with Crippen LogP contribution in [0.4, 0.5) is 0 Å². The van der Waals surface area contributed by atoms with Crippen LogP contribution < -0.4 is 5.32 Å². The van der Waals surface area contributed by atoms with Crippen molar-refractivity contribution in [2.75, 3.05) is 6.54 Å². The van der Waals surface area contributed by atoms with Crippen molar-refractivity contribution in [1.29, 1.82) is 0 Å². The van der Waals surface area contributed by atoms with Crippen LogP contribution in [-0.4, -0.2) is 35.0 Å². The fraction of sp³-hybridized carbons (Fsp3) is 1.00. The van der Waals surface area contributed by atoms with Gasteiger partial charge in [-0.05, 0) is 19.9 Å². The number of aliphatic hydroxyl groups excluding tert-OH is 2. The summed E-state index contributed by atoms with van der Waals surface area (Å²) in [4.78, 5) is 0. The lowest BCUT2D eigenvalue weighted by Gasteiger charge is -2.30. The summed E-state index contributed by atoms with van der Waals surface area (Å²) in [6, 6.07) is 0.0359. The van der Waals surface area contributed by atoms with E-state index in [1.165, 1.54) is 0 Å². The Hall–Kier alpha value is -0.120. The van der Waals surface area contributed by atoms with Crippen LogP contribution in [0.15, 0.2) is 0 Å². The van der Waals surface area contributed by atoms with E-state index in [0.717, 1.165) is 6.54 Å². The van der Waals surface area contributed by atoms with E-state index < -0.39 is 12.2 Å². The highest BCUT2D eigenvalue weighted by Gasteiger charge is 2.26. The second kappa shape index (κ2) is 2.64. The Morgan fingerprint density at radius 3 is 2.56 bits per heavy atom. The minimum absolute atomic E-state index is 0.0359. The van der Waals surface area contributed by atoms with Crippen LogP contribution in [0.2, 0.25) is 0 Å². The molecular weight excluding hydrogens is 118 g/mol. The van der Waals surface area contributed by atoms with E-state index in [9.17, 15) is 0 Å². The second-order valence-corrected chi connectivity index (χ2v) is 2.59. The average Bonchev–Trinajstić information content (AvgIpc) is 1.83. The molecule has 0 amide bonds. The zero-order chi connectivity index (χ0) is 6.85. The summed E-state index contributed by atoms with van der Waals surface area (Å²) in [6.07, 6.45) is -0.453. The van der Waals surface area contributed by atoms with Gasteiger partial charge in [0.05, 0.1) is 12.2 Å². The van der Waals surface area contributed by atoms with E-state index in [1.807, 2.05) is 6.92 Å². The minimum Gasteiger partial charge on any atom is -0.390 e. The number of aliphatic hydroxyl groups is 2. The first-order chi connectivity index (χ1) is 4.22. The average molecular weight is 131 g/mol. The predicted molar refractivity (Wildman–Crippen MR) is 34.1 cm³/mol. The Morgan fingerprint density at radius 2 is 2.11 bits per heavy atom. The van der Waals surface area contributed by atoms with Crippen molar-refractivity contribution >= 4 is 0 Å². The van der Waals surface area contributed by atoms with Gasteiger partial charge in [0, 0.05) is 6.04 Å². The molecule has 0 bridgehead atoms. The Morgan fingerprint density at radius 1 is 1.44 bits per heavy atom. The third kappa shape index (κ3) is 1.41. The maximum absolute atomic E-state index is 9.13. The first kappa shape index (κ1) is 6.99. The van der Waals surface area contributed by atoms with Crippen molar-refractivity contribution in [2.45, 2.75) is 31.6 Å². The second-order valence-electron chi connectivity index (χ2n) is 2.59. The molecule has 3 nitrogen and oxygen atoms in total. The first-order valence-corrected chi connectivity index (χ1v) is 3.31. The van der Waals surface area contributed by atoms with E-state index in [1.54, 1.807) is 0 Å². The summed E-state index contributed by atoms with van der Waals surface area (Å²) in [5, 5.41) is 21.2. The third-order valence-electron chi connectivity index (χ3n) is 1.81. The van der Waals surface area contributed by atoms with Crippen LogP contribution in [-0.2, 0) is 0 Å². The Bertz CT molecular complexity index is 87.1. The summed E-state index contributed by atoms with van der Waals surface area (Å²) < 4.78 is 0. The first-order valence-electron chi connectivity index (χ1n) is 3.31. The molecule has 1 fully saturated rings. The van der Waals surface area contributed by atoms with Crippen LogP contribution in [0.25, 0.3) is 0 Å². The molecule has 0 aromatic carbocycles. The lowest BCUT2D eigenvalue weighted by molar-refractivity contribution is -0.0220. The molecule has 1 heterocycles. The zero-order valence-corrected chi connectivity index (χ0v) is 5.54. The van der Waals surface area contributed by atoms with Crippen molar-refractivity contribution in [2.24, 2.45) is 0 Å². The van der Waals surface area contributed by atoms with Gasteiger partial charge < -0.3 is 15.5 Å². The molecule has 0 spiro atoms. The highest BCUT2D eigenvalue weighted by molar-refractivity contribution is 4.83. The molecular formula is C6H13NO2. The third-order valence-corrected chi connectivity index (χ3v) is 1.81. The molecule has 1 rings (SSSR count). The summed E-state index contributed by atoms with van der Waals surface area (Å²) in [7, 11) is 0. The maximum atomic E-state index is 9.13. The SMILES string of the molecule is C[C@H]1NCC[C@H](O)[C@@H]1O. The molecule has 3 N–H and O–H groups in total. The van der Waals surface area contributed by atoms with Gasteiger partial charge in [0.1, 0.15) is 0 Å². The van der Waals surface area contributed by atoms with Crippen LogP contribution in [0.5, 0.6) is 0 Å². The number of hydrogen-bond donors (Lipinski definition) is 3. The van der Waals surface area contributed by atoms with E-state index in [0.29, 0.717) is 6.42 Å². The molecule has 1 saturated heterocycles. The van der Waals surface area contributed by atoms with E-state index >= 15 is 0 Å². The van der Waals surface area contributed by atoms with Crippen molar-refractivity contribution in [3.8, 4) is 0 Å². The lowest BCUT2D eigenvalue weighted by atomic mass is 10.0. The Balaban J connectivity index is 2.41. The van der Waals surface area contributed by atoms with Crippen LogP contribution >= 0.6 is 0 Å². The normalized spacial score (nSPS) is 45.0. The molecule has 0 aromatic heterocycles. The van der Waals surface area contributed by atoms with Gasteiger partial charge in [-0.15, -0.1) is 0 Å². The Labute approximate surface area is 54.7 Å².